The van der Waals surface area contributed by atoms with Gasteiger partial charge in [0, 0.05) is 99.0 Å². The minimum Gasteiger partial charge on any atom is -0.351 e. The van der Waals surface area contributed by atoms with Crippen molar-refractivity contribution in [3.05, 3.63) is 363 Å². The third kappa shape index (κ3) is 15.9. The summed E-state index contributed by atoms with van der Waals surface area (Å²) in [4.78, 5) is 92.8. The van der Waals surface area contributed by atoms with Crippen LogP contribution in [-0.2, 0) is 40.2 Å². The van der Waals surface area contributed by atoms with E-state index in [2.05, 4.69) is 56.3 Å². The molecule has 0 bridgehead atoms. The zero-order valence-electron chi connectivity index (χ0n) is 58.6. The summed E-state index contributed by atoms with van der Waals surface area (Å²) in [5, 5.41) is 0. The molecule has 0 radical (unpaired) electrons. The summed E-state index contributed by atoms with van der Waals surface area (Å²) < 4.78 is 0. The first-order valence-corrected chi connectivity index (χ1v) is 34.1. The molecule has 0 fully saturated rings. The molecule has 0 aliphatic carbocycles. The standard InChI is InChI=1S/C92H62N10O4.2Ir/c1-99(75-41-33-63(34-42-75)83-21-9-13-49-93-83)89(103)71-53-69(54-72(57-71)90(104)100(2)76-43-35-64(36-44-76)84-22-10-14-50-94-84)81-19-7-5-17-79(81)61-25-29-67(30-26-61)87-59-98-88(60-97-87)68-31-27-62(28-32-68)80-18-6-8-20-82(80)70-55-73(91(105)101(3)77-45-37-65(38-46-77)85-23-11-15-51-95-85)58-74(56-70)92(106)102(4)78-47-39-66(40-48-78)86-24-12-16-52-96-86;;/h5-29,31,33,35,37,39,41-60H,1-4H3;;/q-6;2*+3. The first kappa shape index (κ1) is 73.4. The monoisotopic (exact) mass is 1760 g/mol. The second-order valence-corrected chi connectivity index (χ2v) is 25.1. The summed E-state index contributed by atoms with van der Waals surface area (Å²) in [6.45, 7) is 0. The van der Waals surface area contributed by atoms with Gasteiger partial charge >= 0.3 is 40.2 Å². The van der Waals surface area contributed by atoms with E-state index in [1.807, 2.05) is 231 Å². The molecule has 0 aliphatic rings. The number of nitrogens with zero attached hydrogens (tertiary/aromatic N) is 10. The summed E-state index contributed by atoms with van der Waals surface area (Å²) in [5.74, 6) is -1.29. The Kier molecular flexibility index (Phi) is 22.4. The molecule has 5 heterocycles. The van der Waals surface area contributed by atoms with Gasteiger partial charge in [0.05, 0.1) is 0 Å². The molecular weight excluding hydrogens is 1690 g/mol. The summed E-state index contributed by atoms with van der Waals surface area (Å²) in [6, 6.07) is 103. The molecule has 0 N–H and O–H groups in total. The molecule has 15 rings (SSSR count). The molecule has 5 aromatic heterocycles. The van der Waals surface area contributed by atoms with Crippen LogP contribution in [-0.4, -0.2) is 81.7 Å². The van der Waals surface area contributed by atoms with Crippen LogP contribution in [0.1, 0.15) is 41.4 Å². The molecule has 16 heteroatoms. The van der Waals surface area contributed by atoms with Crippen molar-refractivity contribution in [1.29, 1.82) is 0 Å². The number of aromatic nitrogens is 6. The van der Waals surface area contributed by atoms with Crippen LogP contribution in [0, 0.1) is 36.4 Å². The van der Waals surface area contributed by atoms with Gasteiger partial charge in [0.2, 0.25) is 23.6 Å². The fraction of sp³-hybridized carbons (Fsp3) is 0.0435. The van der Waals surface area contributed by atoms with Crippen molar-refractivity contribution in [2.24, 2.45) is 0 Å². The summed E-state index contributed by atoms with van der Waals surface area (Å²) >= 11 is 0. The molecule has 0 unspecified atom stereocenters. The minimum atomic E-state index is -0.322. The largest absolute Gasteiger partial charge is 3.00 e. The first-order chi connectivity index (χ1) is 51.8. The van der Waals surface area contributed by atoms with Crippen LogP contribution in [0.3, 0.4) is 0 Å². The molecule has 108 heavy (non-hydrogen) atoms. The molecule has 522 valence electrons. The smallest absolute Gasteiger partial charge is 0.351 e. The van der Waals surface area contributed by atoms with Crippen molar-refractivity contribution in [1.82, 2.24) is 29.9 Å². The van der Waals surface area contributed by atoms with E-state index in [0.29, 0.717) is 67.5 Å². The van der Waals surface area contributed by atoms with Crippen molar-refractivity contribution in [2.75, 3.05) is 47.8 Å². The number of hydrogen-bond donors (Lipinski definition) is 0. The van der Waals surface area contributed by atoms with Crippen LogP contribution < -0.4 is 19.6 Å². The van der Waals surface area contributed by atoms with Crippen molar-refractivity contribution in [3.8, 4) is 112 Å². The zero-order valence-corrected chi connectivity index (χ0v) is 63.4. The number of carbonyl (C=O) groups excluding carboxylic acids is 4. The summed E-state index contributed by atoms with van der Waals surface area (Å²) in [5.41, 5.74) is 18.9. The van der Waals surface area contributed by atoms with Gasteiger partial charge in [0.1, 0.15) is 0 Å². The molecule has 0 saturated carbocycles. The van der Waals surface area contributed by atoms with E-state index in [1.54, 1.807) is 121 Å². The Morgan fingerprint density at radius 2 is 0.491 bits per heavy atom. The quantitative estimate of drug-likeness (QED) is 0.0757. The number of pyridine rings is 4. The molecule has 0 spiro atoms. The Morgan fingerprint density at radius 3 is 0.713 bits per heavy atom. The fourth-order valence-corrected chi connectivity index (χ4v) is 12.6. The van der Waals surface area contributed by atoms with E-state index >= 15 is 0 Å². The number of amides is 4. The Labute approximate surface area is 653 Å². The van der Waals surface area contributed by atoms with Crippen molar-refractivity contribution >= 4 is 46.4 Å². The molecule has 0 saturated heterocycles. The van der Waals surface area contributed by atoms with Gasteiger partial charge in [-0.1, -0.05) is 119 Å². The maximum absolute atomic E-state index is 14.7. The van der Waals surface area contributed by atoms with Gasteiger partial charge < -0.3 is 49.5 Å². The maximum atomic E-state index is 14.7. The third-order valence-electron chi connectivity index (χ3n) is 18.5. The summed E-state index contributed by atoms with van der Waals surface area (Å²) in [7, 11) is 6.83. The molecule has 0 aliphatic heterocycles. The predicted octanol–water partition coefficient (Wildman–Crippen LogP) is 18.6. The predicted molar refractivity (Wildman–Crippen MR) is 417 cm³/mol. The van der Waals surface area contributed by atoms with Crippen molar-refractivity contribution in [3.63, 3.8) is 0 Å². The SMILES string of the molecule is CN(C(=O)c1cc(C(=O)N(C)c2c[c-]c(-c3ccccn3)cc2)cc(-c2ccccc2-c2c[c-]c(-c3cnc(-c4[c-]cc(-c5ccccc5-c5cc(C(=O)N(C)c6c[c-]c(-c7ccccn7)cc6)cc(C(=O)N(C)c6c[c-]c(-c7ccccn7)cc6)c5)cc4)cn3)cc2)c1)c1c[c-]c(-c2ccccn2)cc1.[Ir+3].[Ir+3]. The third-order valence-corrected chi connectivity index (χ3v) is 18.5. The maximum Gasteiger partial charge on any atom is 3.00 e. The van der Waals surface area contributed by atoms with E-state index in [-0.39, 0.29) is 63.8 Å². The number of hydrogen-bond acceptors (Lipinski definition) is 10. The normalized spacial score (nSPS) is 10.8. The van der Waals surface area contributed by atoms with Crippen molar-refractivity contribution < 1.29 is 59.4 Å². The van der Waals surface area contributed by atoms with Crippen LogP contribution in [0.2, 0.25) is 0 Å². The first-order valence-electron chi connectivity index (χ1n) is 34.1. The van der Waals surface area contributed by atoms with Gasteiger partial charge in [-0.05, 0) is 128 Å². The summed E-state index contributed by atoms with van der Waals surface area (Å²) in [6.07, 6.45) is 10.3. The number of anilines is 4. The molecule has 10 aromatic carbocycles. The Morgan fingerprint density at radius 1 is 0.250 bits per heavy atom. The minimum absolute atomic E-state index is 0. The van der Waals surface area contributed by atoms with E-state index < -0.39 is 0 Å². The zero-order chi connectivity index (χ0) is 72.6. The fourth-order valence-electron chi connectivity index (χ4n) is 12.6. The Bertz CT molecular complexity index is 5100. The second-order valence-electron chi connectivity index (χ2n) is 25.1. The molecule has 0 atom stereocenters. The molecule has 15 aromatic rings. The van der Waals surface area contributed by atoms with Gasteiger partial charge in [0.25, 0.3) is 0 Å². The van der Waals surface area contributed by atoms with Crippen LogP contribution >= 0.6 is 0 Å². The van der Waals surface area contributed by atoms with Crippen molar-refractivity contribution in [2.45, 2.75) is 0 Å². The number of carbonyl (C=O) groups is 4. The average Bonchev–Trinajstić information content (AvgIpc) is 0.782. The molecule has 4 amide bonds. The van der Waals surface area contributed by atoms with E-state index in [4.69, 9.17) is 9.97 Å². The van der Waals surface area contributed by atoms with Gasteiger partial charge in [-0.3, -0.25) is 19.2 Å². The number of rotatable bonds is 18. The Balaban J connectivity index is 0.00000514. The molecule has 14 nitrogen and oxygen atoms in total. The van der Waals surface area contributed by atoms with Crippen LogP contribution in [0.4, 0.5) is 22.7 Å². The average molecular weight is 1760 g/mol. The van der Waals surface area contributed by atoms with Gasteiger partial charge in [-0.15, -0.1) is 179 Å². The van der Waals surface area contributed by atoms with Crippen LogP contribution in [0.15, 0.2) is 304 Å². The Hall–Kier alpha value is -12.9. The van der Waals surface area contributed by atoms with Crippen LogP contribution in [0.25, 0.3) is 112 Å². The van der Waals surface area contributed by atoms with Gasteiger partial charge in [0.15, 0.2) is 0 Å². The van der Waals surface area contributed by atoms with Crippen LogP contribution in [0.5, 0.6) is 0 Å². The van der Waals surface area contributed by atoms with E-state index in [0.717, 1.165) is 89.5 Å². The van der Waals surface area contributed by atoms with Gasteiger partial charge in [-0.2, -0.15) is 0 Å². The van der Waals surface area contributed by atoms with E-state index in [1.165, 1.54) is 0 Å². The van der Waals surface area contributed by atoms with E-state index in [9.17, 15) is 19.2 Å². The number of benzene rings is 10. The molecular formula is C92H62Ir2N10O4. The second kappa shape index (κ2) is 33.0. The topological polar surface area (TPSA) is 159 Å². The van der Waals surface area contributed by atoms with Gasteiger partial charge in [-0.25, -0.2) is 0 Å².